The maximum atomic E-state index is 13.0. The van der Waals surface area contributed by atoms with Crippen LogP contribution >= 0.6 is 0 Å². The van der Waals surface area contributed by atoms with Crippen LogP contribution in [0.4, 0.5) is 5.82 Å². The second-order valence-corrected chi connectivity index (χ2v) is 5.93. The molecule has 1 aromatic carbocycles. The van der Waals surface area contributed by atoms with Crippen molar-refractivity contribution in [2.75, 3.05) is 38.6 Å². The molecule has 3 heterocycles. The molecule has 1 fully saturated rings. The van der Waals surface area contributed by atoms with E-state index in [2.05, 4.69) is 4.98 Å². The van der Waals surface area contributed by atoms with Crippen LogP contribution in [-0.4, -0.2) is 48.7 Å². The number of carbonyl (C=O) groups is 1. The lowest BCUT2D eigenvalue weighted by Crippen LogP contribution is -2.42. The second kappa shape index (κ2) is 6.60. The van der Waals surface area contributed by atoms with Crippen molar-refractivity contribution in [1.82, 2.24) is 9.88 Å². The van der Waals surface area contributed by atoms with Crippen LogP contribution in [0.1, 0.15) is 22.2 Å². The molecule has 0 saturated carbocycles. The third-order valence-corrected chi connectivity index (χ3v) is 4.27. The Bertz CT molecular complexity index is 796. The number of aromatic nitrogens is 1. The van der Waals surface area contributed by atoms with Gasteiger partial charge in [-0.1, -0.05) is 12.1 Å². The Hall–Kier alpha value is -2.80. The third kappa shape index (κ3) is 3.10. The van der Waals surface area contributed by atoms with E-state index < -0.39 is 0 Å². The normalized spacial score (nSPS) is 19.5. The Balaban J connectivity index is 1.56. The number of benzene rings is 1. The molecular formula is C18H19N3O4. The van der Waals surface area contributed by atoms with Crippen LogP contribution in [0.15, 0.2) is 36.4 Å². The number of anilines is 1. The Morgan fingerprint density at radius 2 is 1.96 bits per heavy atom. The van der Waals surface area contributed by atoms with E-state index in [4.69, 9.17) is 19.9 Å². The zero-order valence-electron chi connectivity index (χ0n) is 13.7. The van der Waals surface area contributed by atoms with Crippen LogP contribution in [-0.2, 0) is 4.74 Å². The molecule has 0 spiro atoms. The molecule has 2 aliphatic rings. The molecule has 2 N–H and O–H groups in total. The number of pyridine rings is 1. The zero-order chi connectivity index (χ0) is 17.2. The highest BCUT2D eigenvalue weighted by atomic mass is 16.6. The lowest BCUT2D eigenvalue weighted by atomic mass is 10.1. The Morgan fingerprint density at radius 3 is 2.84 bits per heavy atom. The minimum Gasteiger partial charge on any atom is -0.486 e. The van der Waals surface area contributed by atoms with Gasteiger partial charge < -0.3 is 24.8 Å². The molecule has 0 aliphatic carbocycles. The van der Waals surface area contributed by atoms with Gasteiger partial charge in [0, 0.05) is 6.54 Å². The molecule has 2 aliphatic heterocycles. The van der Waals surface area contributed by atoms with Gasteiger partial charge in [0.1, 0.15) is 25.1 Å². The molecule has 1 aromatic heterocycles. The standard InChI is InChI=1S/C18H19N3O4/c19-16-6-2-4-13(20-16)15-11-21(7-8-23-15)18(22)12-3-1-5-14-17(12)25-10-9-24-14/h1-6,15H,7-11H2,(H2,19,20). The van der Waals surface area contributed by atoms with Crippen molar-refractivity contribution in [2.45, 2.75) is 6.10 Å². The summed E-state index contributed by atoms with van der Waals surface area (Å²) in [6.45, 7) is 2.31. The van der Waals surface area contributed by atoms with Gasteiger partial charge in [0.15, 0.2) is 11.5 Å². The molecule has 7 nitrogen and oxygen atoms in total. The van der Waals surface area contributed by atoms with E-state index >= 15 is 0 Å². The second-order valence-electron chi connectivity index (χ2n) is 5.93. The van der Waals surface area contributed by atoms with Gasteiger partial charge in [-0.3, -0.25) is 4.79 Å². The molecular weight excluding hydrogens is 322 g/mol. The average molecular weight is 341 g/mol. The first-order valence-corrected chi connectivity index (χ1v) is 8.24. The molecule has 0 bridgehead atoms. The Kier molecular flexibility index (Phi) is 4.15. The van der Waals surface area contributed by atoms with Gasteiger partial charge in [0.25, 0.3) is 5.91 Å². The fourth-order valence-electron chi connectivity index (χ4n) is 3.07. The van der Waals surface area contributed by atoms with Gasteiger partial charge >= 0.3 is 0 Å². The van der Waals surface area contributed by atoms with Gasteiger partial charge in [0.2, 0.25) is 0 Å². The first-order chi connectivity index (χ1) is 12.2. The van der Waals surface area contributed by atoms with Gasteiger partial charge in [0.05, 0.1) is 24.4 Å². The number of para-hydroxylation sites is 1. The molecule has 7 heteroatoms. The van der Waals surface area contributed by atoms with Crippen molar-refractivity contribution in [2.24, 2.45) is 0 Å². The minimum absolute atomic E-state index is 0.0976. The smallest absolute Gasteiger partial charge is 0.257 e. The molecule has 1 unspecified atom stereocenters. The van der Waals surface area contributed by atoms with Gasteiger partial charge in [-0.05, 0) is 24.3 Å². The summed E-state index contributed by atoms with van der Waals surface area (Å²) in [5, 5.41) is 0. The van der Waals surface area contributed by atoms with Gasteiger partial charge in [-0.25, -0.2) is 4.98 Å². The third-order valence-electron chi connectivity index (χ3n) is 4.27. The monoisotopic (exact) mass is 341 g/mol. The number of nitrogen functional groups attached to an aromatic ring is 1. The van der Waals surface area contributed by atoms with Crippen molar-refractivity contribution in [1.29, 1.82) is 0 Å². The SMILES string of the molecule is Nc1cccc(C2CN(C(=O)c3cccc4c3OCCO4)CCO2)n1. The number of rotatable bonds is 2. The maximum absolute atomic E-state index is 13.0. The minimum atomic E-state index is -0.294. The van der Waals surface area contributed by atoms with Crippen LogP contribution < -0.4 is 15.2 Å². The number of hydrogen-bond donors (Lipinski definition) is 1. The largest absolute Gasteiger partial charge is 0.486 e. The molecule has 1 atom stereocenters. The molecule has 2 aromatic rings. The summed E-state index contributed by atoms with van der Waals surface area (Å²) in [7, 11) is 0. The summed E-state index contributed by atoms with van der Waals surface area (Å²) < 4.78 is 17.0. The molecule has 1 amide bonds. The van der Waals surface area contributed by atoms with Crippen molar-refractivity contribution in [3.63, 3.8) is 0 Å². The Morgan fingerprint density at radius 1 is 1.12 bits per heavy atom. The number of ether oxygens (including phenoxy) is 3. The number of nitrogens with zero attached hydrogens (tertiary/aromatic N) is 2. The lowest BCUT2D eigenvalue weighted by molar-refractivity contribution is -0.0248. The zero-order valence-corrected chi connectivity index (χ0v) is 13.7. The van der Waals surface area contributed by atoms with Crippen molar-refractivity contribution < 1.29 is 19.0 Å². The van der Waals surface area contributed by atoms with Gasteiger partial charge in [-0.15, -0.1) is 0 Å². The summed E-state index contributed by atoms with van der Waals surface area (Å²) in [6, 6.07) is 10.8. The summed E-state index contributed by atoms with van der Waals surface area (Å²) in [4.78, 5) is 19.1. The van der Waals surface area contributed by atoms with E-state index in [0.717, 1.165) is 5.69 Å². The first-order valence-electron chi connectivity index (χ1n) is 8.24. The summed E-state index contributed by atoms with van der Waals surface area (Å²) in [5.41, 5.74) is 6.99. The fraction of sp³-hybridized carbons (Fsp3) is 0.333. The quantitative estimate of drug-likeness (QED) is 0.894. The summed E-state index contributed by atoms with van der Waals surface area (Å²) in [6.07, 6.45) is -0.294. The van der Waals surface area contributed by atoms with E-state index in [1.807, 2.05) is 18.2 Å². The van der Waals surface area contributed by atoms with E-state index in [1.165, 1.54) is 0 Å². The van der Waals surface area contributed by atoms with E-state index in [9.17, 15) is 4.79 Å². The van der Waals surface area contributed by atoms with Crippen LogP contribution in [0, 0.1) is 0 Å². The maximum Gasteiger partial charge on any atom is 0.257 e. The number of hydrogen-bond acceptors (Lipinski definition) is 6. The number of nitrogens with two attached hydrogens (primary N) is 1. The number of fused-ring (bicyclic) bond motifs is 1. The molecule has 0 radical (unpaired) electrons. The van der Waals surface area contributed by atoms with E-state index in [-0.39, 0.29) is 12.0 Å². The van der Waals surface area contributed by atoms with Crippen LogP contribution in [0.2, 0.25) is 0 Å². The molecule has 130 valence electrons. The fourth-order valence-corrected chi connectivity index (χ4v) is 3.07. The van der Waals surface area contributed by atoms with Crippen LogP contribution in [0.5, 0.6) is 11.5 Å². The average Bonchev–Trinajstić information content (AvgIpc) is 2.67. The highest BCUT2D eigenvalue weighted by Gasteiger charge is 2.30. The first kappa shape index (κ1) is 15.7. The van der Waals surface area contributed by atoms with E-state index in [0.29, 0.717) is 55.8 Å². The topological polar surface area (TPSA) is 86.9 Å². The molecule has 4 rings (SSSR count). The molecule has 1 saturated heterocycles. The van der Waals surface area contributed by atoms with Gasteiger partial charge in [-0.2, -0.15) is 0 Å². The number of morpholine rings is 1. The van der Waals surface area contributed by atoms with Crippen LogP contribution in [0.25, 0.3) is 0 Å². The predicted octanol–water partition coefficient (Wildman–Crippen LogP) is 1.65. The number of amides is 1. The van der Waals surface area contributed by atoms with Crippen molar-refractivity contribution in [3.8, 4) is 11.5 Å². The van der Waals surface area contributed by atoms with Crippen molar-refractivity contribution in [3.05, 3.63) is 47.7 Å². The van der Waals surface area contributed by atoms with Crippen LogP contribution in [0.3, 0.4) is 0 Å². The highest BCUT2D eigenvalue weighted by molar-refractivity contribution is 5.98. The lowest BCUT2D eigenvalue weighted by Gasteiger charge is -2.33. The van der Waals surface area contributed by atoms with Crippen molar-refractivity contribution >= 4 is 11.7 Å². The summed E-state index contributed by atoms with van der Waals surface area (Å²) in [5.74, 6) is 1.47. The molecule has 25 heavy (non-hydrogen) atoms. The highest BCUT2D eigenvalue weighted by Crippen LogP contribution is 2.35. The Labute approximate surface area is 145 Å². The van der Waals surface area contributed by atoms with E-state index in [1.54, 1.807) is 23.1 Å². The predicted molar refractivity (Wildman–Crippen MR) is 90.7 cm³/mol. The number of carbonyl (C=O) groups excluding carboxylic acids is 1. The summed E-state index contributed by atoms with van der Waals surface area (Å²) >= 11 is 0.